The second-order valence-corrected chi connectivity index (χ2v) is 9.68. The first-order valence-corrected chi connectivity index (χ1v) is 11.3. The molecule has 29 heavy (non-hydrogen) atoms. The summed E-state index contributed by atoms with van der Waals surface area (Å²) >= 11 is 0. The van der Waals surface area contributed by atoms with Gasteiger partial charge in [-0.25, -0.2) is 4.79 Å². The monoisotopic (exact) mass is 421 g/mol. The predicted molar refractivity (Wildman–Crippen MR) is 117 cm³/mol. The van der Waals surface area contributed by atoms with E-state index < -0.39 is 10.9 Å². The zero-order valence-electron chi connectivity index (χ0n) is 18.7. The van der Waals surface area contributed by atoms with Crippen LogP contribution in [0, 0.1) is 39.2 Å². The van der Waals surface area contributed by atoms with E-state index in [-0.39, 0.29) is 23.3 Å². The van der Waals surface area contributed by atoms with Crippen molar-refractivity contribution in [1.82, 2.24) is 0 Å². The first-order valence-electron chi connectivity index (χ1n) is 10.5. The molecule has 0 radical (unpaired) electrons. The van der Waals surface area contributed by atoms with Crippen molar-refractivity contribution >= 4 is 22.1 Å². The maximum absolute atomic E-state index is 12.4. The van der Waals surface area contributed by atoms with Crippen molar-refractivity contribution in [2.45, 2.75) is 66.6 Å². The Morgan fingerprint density at radius 2 is 1.62 bits per heavy atom. The Balaban J connectivity index is 2.10. The van der Waals surface area contributed by atoms with Crippen molar-refractivity contribution in [3.63, 3.8) is 0 Å². The van der Waals surface area contributed by atoms with E-state index in [2.05, 4.69) is 41.5 Å². The largest absolute Gasteiger partial charge is 0.459 e. The van der Waals surface area contributed by atoms with Crippen LogP contribution in [-0.2, 0) is 9.16 Å². The van der Waals surface area contributed by atoms with Crippen LogP contribution in [0.25, 0.3) is 0 Å². The predicted octanol–water partition coefficient (Wildman–Crippen LogP) is 4.15. The molecule has 1 atom stereocenters. The molecule has 6 nitrogen and oxygen atoms in total. The van der Waals surface area contributed by atoms with Crippen LogP contribution in [0.1, 0.15) is 64.7 Å². The van der Waals surface area contributed by atoms with E-state index in [1.807, 2.05) is 0 Å². The van der Waals surface area contributed by atoms with E-state index in [1.165, 1.54) is 24.3 Å². The van der Waals surface area contributed by atoms with Gasteiger partial charge in [-0.05, 0) is 48.6 Å². The highest BCUT2D eigenvalue weighted by molar-refractivity contribution is 5.98. The van der Waals surface area contributed by atoms with Crippen LogP contribution < -0.4 is 0 Å². The van der Waals surface area contributed by atoms with Gasteiger partial charge in [0.2, 0.25) is 0 Å². The molecule has 0 saturated heterocycles. The molecule has 1 aliphatic rings. The lowest BCUT2D eigenvalue weighted by Crippen LogP contribution is -2.57. The van der Waals surface area contributed by atoms with Gasteiger partial charge >= 0.3 is 5.97 Å². The molecule has 1 saturated carbocycles. The van der Waals surface area contributed by atoms with E-state index in [1.54, 1.807) is 0 Å². The molecule has 2 rings (SSSR count). The average molecular weight is 422 g/mol. The quantitative estimate of drug-likeness (QED) is 0.259. The number of nitrogens with zero attached hydrogens (tertiary/aromatic N) is 1. The van der Waals surface area contributed by atoms with Gasteiger partial charge in [-0.3, -0.25) is 10.1 Å². The van der Waals surface area contributed by atoms with Gasteiger partial charge < -0.3 is 9.16 Å². The molecule has 1 aliphatic carbocycles. The molecule has 1 aromatic carbocycles. The summed E-state index contributed by atoms with van der Waals surface area (Å²) in [6, 6.07) is 5.57. The van der Waals surface area contributed by atoms with E-state index >= 15 is 0 Å². The lowest BCUT2D eigenvalue weighted by Gasteiger charge is -2.58. The van der Waals surface area contributed by atoms with Gasteiger partial charge in [0.15, 0.2) is 0 Å². The van der Waals surface area contributed by atoms with Crippen LogP contribution in [0.5, 0.6) is 0 Å². The summed E-state index contributed by atoms with van der Waals surface area (Å²) in [7, 11) is 0.705. The molecular weight excluding hydrogens is 386 g/mol. The molecule has 7 heteroatoms. The van der Waals surface area contributed by atoms with Crippen LogP contribution in [-0.4, -0.2) is 33.6 Å². The van der Waals surface area contributed by atoms with Gasteiger partial charge in [-0.2, -0.15) is 0 Å². The number of rotatable bonds is 9. The highest BCUT2D eigenvalue weighted by Crippen LogP contribution is 2.56. The highest BCUT2D eigenvalue weighted by Gasteiger charge is 2.55. The molecule has 0 spiro atoms. The van der Waals surface area contributed by atoms with Crippen LogP contribution in [0.2, 0.25) is 0 Å². The number of esters is 1. The van der Waals surface area contributed by atoms with E-state index in [4.69, 9.17) is 9.16 Å². The minimum absolute atomic E-state index is 0.0354. The number of benzene rings is 1. The van der Waals surface area contributed by atoms with Crippen molar-refractivity contribution in [2.24, 2.45) is 29.1 Å². The average Bonchev–Trinajstić information content (AvgIpc) is 2.61. The maximum Gasteiger partial charge on any atom is 0.338 e. The number of carbonyl (C=O) groups is 1. The van der Waals surface area contributed by atoms with E-state index in [9.17, 15) is 14.9 Å². The zero-order chi connectivity index (χ0) is 21.9. The Bertz CT molecular complexity index is 702. The van der Waals surface area contributed by atoms with E-state index in [0.29, 0.717) is 39.7 Å². The second-order valence-electron chi connectivity index (χ2n) is 9.21. The van der Waals surface area contributed by atoms with Gasteiger partial charge in [0.1, 0.15) is 16.6 Å². The van der Waals surface area contributed by atoms with Gasteiger partial charge in [-0.15, -0.1) is 0 Å². The Hall–Kier alpha value is -1.73. The summed E-state index contributed by atoms with van der Waals surface area (Å²) in [4.78, 5) is 22.7. The molecule has 0 bridgehead atoms. The fourth-order valence-corrected chi connectivity index (χ4v) is 6.51. The summed E-state index contributed by atoms with van der Waals surface area (Å²) in [5.74, 6) is 1.38. The summed E-state index contributed by atoms with van der Waals surface area (Å²) in [5, 5.41) is 10.8. The first-order chi connectivity index (χ1) is 13.5. The molecule has 0 amide bonds. The van der Waals surface area contributed by atoms with Crippen LogP contribution in [0.3, 0.4) is 0 Å². The number of nitro benzene ring substituents is 1. The summed E-state index contributed by atoms with van der Waals surface area (Å²) in [6.45, 7) is 13.6. The number of hydrogen-bond donors (Lipinski definition) is 0. The third-order valence-electron chi connectivity index (χ3n) is 6.74. The maximum atomic E-state index is 12.4. The molecule has 0 aliphatic heterocycles. The van der Waals surface area contributed by atoms with Gasteiger partial charge in [0, 0.05) is 17.5 Å². The van der Waals surface area contributed by atoms with Crippen molar-refractivity contribution in [1.29, 1.82) is 0 Å². The molecule has 1 aromatic rings. The van der Waals surface area contributed by atoms with Crippen LogP contribution in [0.15, 0.2) is 24.3 Å². The second kappa shape index (κ2) is 9.39. The fraction of sp³-hybridized carbons (Fsp3) is 0.682. The van der Waals surface area contributed by atoms with Crippen molar-refractivity contribution in [3.8, 4) is 0 Å². The molecule has 162 valence electrons. The normalized spacial score (nSPS) is 20.7. The Labute approximate surface area is 177 Å². The minimum Gasteiger partial charge on any atom is -0.459 e. The minimum atomic E-state index is -0.479. The smallest absolute Gasteiger partial charge is 0.338 e. The third-order valence-corrected chi connectivity index (χ3v) is 7.25. The molecular formula is C22H35NO5Si. The Morgan fingerprint density at radius 1 is 1.10 bits per heavy atom. The molecule has 0 heterocycles. The zero-order valence-corrected chi connectivity index (χ0v) is 20.7. The molecule has 1 unspecified atom stereocenters. The lowest BCUT2D eigenvalue weighted by molar-refractivity contribution is -0.384. The number of nitro groups is 1. The molecule has 0 N–H and O–H groups in total. The first kappa shape index (κ1) is 23.5. The topological polar surface area (TPSA) is 78.7 Å². The summed E-state index contributed by atoms with van der Waals surface area (Å²) in [6.07, 6.45) is 1.76. The summed E-state index contributed by atoms with van der Waals surface area (Å²) < 4.78 is 11.8. The van der Waals surface area contributed by atoms with Crippen molar-refractivity contribution in [2.75, 3.05) is 0 Å². The van der Waals surface area contributed by atoms with Gasteiger partial charge in [0.05, 0.1) is 16.6 Å². The molecule has 1 fully saturated rings. The van der Waals surface area contributed by atoms with Gasteiger partial charge in [-0.1, -0.05) is 41.5 Å². The number of carbonyl (C=O) groups excluding carboxylic acids is 1. The third kappa shape index (κ3) is 4.56. The number of ether oxygens (including phenoxy) is 1. The van der Waals surface area contributed by atoms with Crippen molar-refractivity contribution < 1.29 is 18.9 Å². The van der Waals surface area contributed by atoms with Crippen LogP contribution in [0.4, 0.5) is 5.69 Å². The molecule has 0 aromatic heterocycles. The Kier molecular flexibility index (Phi) is 7.62. The Morgan fingerprint density at radius 3 is 2.00 bits per heavy atom. The number of hydrogen-bond acceptors (Lipinski definition) is 5. The van der Waals surface area contributed by atoms with Crippen LogP contribution >= 0.6 is 0 Å². The van der Waals surface area contributed by atoms with Crippen molar-refractivity contribution in [3.05, 3.63) is 39.9 Å². The fourth-order valence-electron chi connectivity index (χ4n) is 5.56. The van der Waals surface area contributed by atoms with Gasteiger partial charge in [0.25, 0.3) is 5.69 Å². The lowest BCUT2D eigenvalue weighted by atomic mass is 9.51. The highest BCUT2D eigenvalue weighted by atomic mass is 28.2. The SMILES string of the molecule is CC(C)C(O[SiH3])C(C(C)C)(C(C)C)C1CC(OC(=O)c2ccc([N+](=O)[O-])cc2)C1. The number of non-ortho nitro benzene ring substituents is 1. The van der Waals surface area contributed by atoms with E-state index in [0.717, 1.165) is 12.8 Å². The summed E-state index contributed by atoms with van der Waals surface area (Å²) in [5.41, 5.74) is 0.361. The standard InChI is InChI=1S/C22H35NO5Si/c1-13(2)20(28-29)22(14(3)4,15(5)6)17-11-19(12-17)27-21(24)16-7-9-18(10-8-16)23(25)26/h7-10,13-15,17,19-20H,11-12H2,1-6,29H3.